The molecule has 2 saturated heterocycles. The van der Waals surface area contributed by atoms with Gasteiger partial charge in [-0.25, -0.2) is 18.6 Å². The van der Waals surface area contributed by atoms with Gasteiger partial charge in [-0.1, -0.05) is 6.92 Å². The van der Waals surface area contributed by atoms with Crippen LogP contribution in [0.3, 0.4) is 0 Å². The number of aryl methyl sites for hydroxylation is 1. The fourth-order valence-corrected chi connectivity index (χ4v) is 6.13. The maximum absolute atomic E-state index is 15.1. The Labute approximate surface area is 200 Å². The fraction of sp³-hybridized carbons (Fsp3) is 0.870. The molecule has 186 valence electrons. The summed E-state index contributed by atoms with van der Waals surface area (Å²) >= 11 is 1.40. The van der Waals surface area contributed by atoms with Crippen molar-refractivity contribution in [1.29, 1.82) is 0 Å². The fourth-order valence-electron chi connectivity index (χ4n) is 5.53. The van der Waals surface area contributed by atoms with E-state index in [2.05, 4.69) is 45.2 Å². The molecule has 33 heavy (non-hydrogen) atoms. The Hall–Kier alpha value is -1.39. The highest BCUT2D eigenvalue weighted by Gasteiger charge is 2.50. The van der Waals surface area contributed by atoms with Gasteiger partial charge in [-0.3, -0.25) is 9.80 Å². The molecule has 2 atom stereocenters. The van der Waals surface area contributed by atoms with E-state index in [0.29, 0.717) is 32.0 Å². The molecule has 1 N–H and O–H groups in total. The maximum Gasteiger partial charge on any atom is 0.317 e. The number of hydrogen-bond donors (Lipinski definition) is 1. The van der Waals surface area contributed by atoms with Crippen molar-refractivity contribution in [2.75, 3.05) is 39.3 Å². The largest absolute Gasteiger partial charge is 0.328 e. The summed E-state index contributed by atoms with van der Waals surface area (Å²) in [4.78, 5) is 23.9. The molecule has 0 spiro atoms. The maximum atomic E-state index is 15.1. The van der Waals surface area contributed by atoms with Crippen molar-refractivity contribution in [1.82, 2.24) is 29.4 Å². The monoisotopic (exact) mass is 484 g/mol. The number of alkyl halides is 2. The van der Waals surface area contributed by atoms with E-state index in [1.54, 1.807) is 4.90 Å². The zero-order valence-corrected chi connectivity index (χ0v) is 21.1. The summed E-state index contributed by atoms with van der Waals surface area (Å²) in [6.45, 7) is 12.8. The van der Waals surface area contributed by atoms with Gasteiger partial charge < -0.3 is 10.2 Å². The number of piperazine rings is 1. The van der Waals surface area contributed by atoms with Crippen LogP contribution >= 0.6 is 11.5 Å². The number of rotatable bonds is 4. The highest BCUT2D eigenvalue weighted by atomic mass is 32.1. The van der Waals surface area contributed by atoms with Crippen LogP contribution in [0, 0.1) is 6.92 Å². The number of urea groups is 1. The Bertz CT molecular complexity index is 818. The number of hydrogen-bond acceptors (Lipinski definition) is 6. The number of piperidine rings is 1. The Morgan fingerprint density at radius 1 is 1.12 bits per heavy atom. The minimum Gasteiger partial charge on any atom is -0.328 e. The summed E-state index contributed by atoms with van der Waals surface area (Å²) in [5.74, 6) is -2.05. The van der Waals surface area contributed by atoms with Crippen LogP contribution in [-0.2, 0) is 5.41 Å². The lowest BCUT2D eigenvalue weighted by Crippen LogP contribution is -2.66. The lowest BCUT2D eigenvalue weighted by molar-refractivity contribution is -0.0973. The highest BCUT2D eigenvalue weighted by molar-refractivity contribution is 7.05. The number of nitrogens with one attached hydrogen (secondary N) is 1. The van der Waals surface area contributed by atoms with Gasteiger partial charge in [0.2, 0.25) is 0 Å². The number of halogens is 2. The first-order valence-electron chi connectivity index (χ1n) is 12.3. The average Bonchev–Trinajstić information content (AvgIpc) is 3.22. The first kappa shape index (κ1) is 24.7. The van der Waals surface area contributed by atoms with Crippen molar-refractivity contribution in [2.24, 2.45) is 0 Å². The van der Waals surface area contributed by atoms with Gasteiger partial charge in [0.1, 0.15) is 16.9 Å². The molecule has 3 aliphatic rings. The summed E-state index contributed by atoms with van der Waals surface area (Å²) in [5.41, 5.74) is -0.172. The topological polar surface area (TPSA) is 64.6 Å². The van der Waals surface area contributed by atoms with Gasteiger partial charge in [-0.05, 0) is 58.0 Å². The second-order valence-electron chi connectivity index (χ2n) is 10.5. The highest BCUT2D eigenvalue weighted by Crippen LogP contribution is 2.37. The third kappa shape index (κ3) is 5.32. The number of nitrogens with zero attached hydrogens (tertiary/aromatic N) is 5. The quantitative estimate of drug-likeness (QED) is 0.709. The normalized spacial score (nSPS) is 28.8. The second-order valence-corrected chi connectivity index (χ2v) is 11.5. The van der Waals surface area contributed by atoms with Crippen molar-refractivity contribution in [3.05, 3.63) is 10.8 Å². The molecule has 1 unspecified atom stereocenters. The minimum absolute atomic E-state index is 0.159. The minimum atomic E-state index is -2.89. The van der Waals surface area contributed by atoms with Crippen LogP contribution in [0.5, 0.6) is 0 Å². The van der Waals surface area contributed by atoms with E-state index in [-0.39, 0.29) is 23.9 Å². The number of carbonyl (C=O) groups excluding carboxylic acids is 1. The van der Waals surface area contributed by atoms with Gasteiger partial charge in [0, 0.05) is 63.2 Å². The number of aromatic nitrogens is 2. The Morgan fingerprint density at radius 2 is 1.79 bits per heavy atom. The summed E-state index contributed by atoms with van der Waals surface area (Å²) in [6.07, 6.45) is 2.51. The lowest BCUT2D eigenvalue weighted by Gasteiger charge is -2.48. The molecule has 3 heterocycles. The molecule has 0 radical (unpaired) electrons. The molecule has 1 aromatic heterocycles. The summed E-state index contributed by atoms with van der Waals surface area (Å²) in [5, 5.41) is 3.72. The van der Waals surface area contributed by atoms with Gasteiger partial charge >= 0.3 is 6.03 Å². The molecule has 2 aliphatic heterocycles. The summed E-state index contributed by atoms with van der Waals surface area (Å²) < 4.78 is 34.6. The number of amides is 2. The molecule has 10 heteroatoms. The van der Waals surface area contributed by atoms with E-state index in [9.17, 15) is 4.79 Å². The van der Waals surface area contributed by atoms with Crippen LogP contribution in [0.15, 0.2) is 0 Å². The first-order chi connectivity index (χ1) is 15.6. The third-order valence-electron chi connectivity index (χ3n) is 7.90. The Balaban J connectivity index is 1.38. The van der Waals surface area contributed by atoms with E-state index in [0.717, 1.165) is 49.9 Å². The van der Waals surface area contributed by atoms with Crippen LogP contribution in [0.4, 0.5) is 13.6 Å². The number of likely N-dealkylation sites (tertiary alicyclic amines) is 1. The van der Waals surface area contributed by atoms with E-state index in [4.69, 9.17) is 0 Å². The van der Waals surface area contributed by atoms with Crippen molar-refractivity contribution < 1.29 is 13.6 Å². The van der Waals surface area contributed by atoms with Crippen molar-refractivity contribution in [3.63, 3.8) is 0 Å². The molecule has 4 rings (SSSR count). The van der Waals surface area contributed by atoms with Crippen molar-refractivity contribution in [2.45, 2.75) is 89.3 Å². The van der Waals surface area contributed by atoms with Crippen molar-refractivity contribution >= 4 is 17.6 Å². The predicted octanol–water partition coefficient (Wildman–Crippen LogP) is 3.49. The molecule has 7 nitrogen and oxygen atoms in total. The van der Waals surface area contributed by atoms with Gasteiger partial charge in [-0.15, -0.1) is 0 Å². The van der Waals surface area contributed by atoms with E-state index in [1.165, 1.54) is 11.5 Å². The van der Waals surface area contributed by atoms with Gasteiger partial charge in [0.25, 0.3) is 5.92 Å². The van der Waals surface area contributed by atoms with Gasteiger partial charge in [0.15, 0.2) is 0 Å². The average molecular weight is 485 g/mol. The Morgan fingerprint density at radius 3 is 2.36 bits per heavy atom. The number of carbonyl (C=O) groups is 1. The third-order valence-corrected chi connectivity index (χ3v) is 8.52. The SMILES string of the molecule is Cc1nc(C2(C)CCN(C(=O)NC3[C@@H](N4CCN(C(C)C)CC4)CCCC3(F)F)CC2)ns1. The van der Waals surface area contributed by atoms with Crippen LogP contribution < -0.4 is 5.32 Å². The molecule has 2 amide bonds. The zero-order valence-electron chi connectivity index (χ0n) is 20.3. The zero-order chi connectivity index (χ0) is 23.8. The standard InChI is InChI=1S/C23H38F2N6OS/c1-16(2)29-12-14-30(15-13-29)18-6-5-7-23(24,25)19(18)27-21(32)31-10-8-22(4,9-11-31)20-26-17(3)33-28-20/h16,18-19H,5-15H2,1-4H3,(H,27,32)/t18-,19?/m0/s1. The molecule has 1 saturated carbocycles. The molecule has 0 aromatic carbocycles. The predicted molar refractivity (Wildman–Crippen MR) is 126 cm³/mol. The molecular weight excluding hydrogens is 446 g/mol. The van der Waals surface area contributed by atoms with E-state index >= 15 is 8.78 Å². The van der Waals surface area contributed by atoms with Crippen LogP contribution in [-0.4, -0.2) is 93.4 Å². The molecule has 1 aliphatic carbocycles. The molecule has 0 bridgehead atoms. The van der Waals surface area contributed by atoms with Gasteiger partial charge in [0.05, 0.1) is 0 Å². The van der Waals surface area contributed by atoms with E-state index < -0.39 is 12.0 Å². The molecule has 3 fully saturated rings. The van der Waals surface area contributed by atoms with Crippen LogP contribution in [0.25, 0.3) is 0 Å². The molecular formula is C23H38F2N6OS. The van der Waals surface area contributed by atoms with Crippen molar-refractivity contribution in [3.8, 4) is 0 Å². The lowest BCUT2D eigenvalue weighted by atomic mass is 9.79. The summed E-state index contributed by atoms with van der Waals surface area (Å²) in [7, 11) is 0. The van der Waals surface area contributed by atoms with E-state index in [1.807, 2.05) is 6.92 Å². The van der Waals surface area contributed by atoms with Crippen LogP contribution in [0.1, 0.15) is 63.7 Å². The van der Waals surface area contributed by atoms with Crippen LogP contribution in [0.2, 0.25) is 0 Å². The smallest absolute Gasteiger partial charge is 0.317 e. The summed E-state index contributed by atoms with van der Waals surface area (Å²) in [6, 6.07) is -1.36. The second kappa shape index (κ2) is 9.70. The Kier molecular flexibility index (Phi) is 7.27. The molecule has 1 aromatic rings. The first-order valence-corrected chi connectivity index (χ1v) is 13.1. The van der Waals surface area contributed by atoms with Gasteiger partial charge in [-0.2, -0.15) is 4.37 Å².